The Morgan fingerprint density at radius 2 is 2.28 bits per heavy atom. The molecule has 0 aromatic heterocycles. The van der Waals surface area contributed by atoms with Crippen molar-refractivity contribution in [1.29, 1.82) is 0 Å². The third kappa shape index (κ3) is 2.38. The molecule has 6 heteroatoms. The lowest BCUT2D eigenvalue weighted by Crippen LogP contribution is -2.55. The number of carbonyl (C=O) groups is 3. The van der Waals surface area contributed by atoms with Crippen molar-refractivity contribution in [3.05, 3.63) is 0 Å². The van der Waals surface area contributed by atoms with Crippen LogP contribution in [0.5, 0.6) is 0 Å². The van der Waals surface area contributed by atoms with E-state index in [9.17, 15) is 14.4 Å². The molecule has 2 aliphatic heterocycles. The Morgan fingerprint density at radius 3 is 2.83 bits per heavy atom. The maximum Gasteiger partial charge on any atom is 0.249 e. The van der Waals surface area contributed by atoms with Crippen LogP contribution in [0.25, 0.3) is 0 Å². The monoisotopic (exact) mass is 253 g/mol. The number of nitrogens with one attached hydrogen (secondary N) is 3. The van der Waals surface area contributed by atoms with Gasteiger partial charge < -0.3 is 10.6 Å². The molecular weight excluding hydrogens is 234 g/mol. The Hall–Kier alpha value is -1.43. The first-order valence-electron chi connectivity index (χ1n) is 6.43. The van der Waals surface area contributed by atoms with Crippen LogP contribution in [0.15, 0.2) is 0 Å². The summed E-state index contributed by atoms with van der Waals surface area (Å²) in [6.07, 6.45) is 2.22. The van der Waals surface area contributed by atoms with Crippen LogP contribution in [-0.4, -0.2) is 36.9 Å². The molecule has 0 spiro atoms. The number of piperidine rings is 1. The summed E-state index contributed by atoms with van der Waals surface area (Å²) in [6.45, 7) is 3.47. The number of imide groups is 1. The van der Waals surface area contributed by atoms with Crippen molar-refractivity contribution in [2.24, 2.45) is 5.41 Å². The van der Waals surface area contributed by atoms with Crippen LogP contribution in [0.1, 0.15) is 32.6 Å². The molecule has 0 aromatic rings. The Kier molecular flexibility index (Phi) is 3.65. The Labute approximate surface area is 106 Å². The second-order valence-corrected chi connectivity index (χ2v) is 5.04. The molecule has 0 aliphatic carbocycles. The van der Waals surface area contributed by atoms with Gasteiger partial charge >= 0.3 is 0 Å². The molecule has 2 atom stereocenters. The minimum Gasteiger partial charge on any atom is -0.344 e. The van der Waals surface area contributed by atoms with Crippen molar-refractivity contribution in [2.45, 2.75) is 38.6 Å². The van der Waals surface area contributed by atoms with Crippen LogP contribution in [0, 0.1) is 5.41 Å². The fourth-order valence-electron chi connectivity index (χ4n) is 2.54. The molecule has 100 valence electrons. The van der Waals surface area contributed by atoms with Crippen LogP contribution >= 0.6 is 0 Å². The quantitative estimate of drug-likeness (QED) is 0.580. The zero-order chi connectivity index (χ0) is 13.2. The molecule has 2 aliphatic rings. The average Bonchev–Trinajstić information content (AvgIpc) is 2.82. The lowest BCUT2D eigenvalue weighted by Gasteiger charge is -2.29. The van der Waals surface area contributed by atoms with Crippen molar-refractivity contribution < 1.29 is 14.4 Å². The van der Waals surface area contributed by atoms with Gasteiger partial charge in [0.25, 0.3) is 0 Å². The summed E-state index contributed by atoms with van der Waals surface area (Å²) in [4.78, 5) is 34.9. The summed E-state index contributed by atoms with van der Waals surface area (Å²) in [5.74, 6) is -0.737. The molecule has 3 N–H and O–H groups in total. The van der Waals surface area contributed by atoms with Gasteiger partial charge in [-0.1, -0.05) is 6.92 Å². The van der Waals surface area contributed by atoms with Gasteiger partial charge in [-0.05, 0) is 25.8 Å². The van der Waals surface area contributed by atoms with E-state index in [1.807, 2.05) is 6.92 Å². The van der Waals surface area contributed by atoms with Crippen LogP contribution < -0.4 is 16.0 Å². The second kappa shape index (κ2) is 5.06. The normalized spacial score (nSPS) is 32.2. The van der Waals surface area contributed by atoms with Gasteiger partial charge in [0.1, 0.15) is 6.04 Å². The number of carbonyl (C=O) groups excluding carboxylic acids is 3. The zero-order valence-corrected chi connectivity index (χ0v) is 10.5. The van der Waals surface area contributed by atoms with Gasteiger partial charge in [-0.2, -0.15) is 0 Å². The fourth-order valence-corrected chi connectivity index (χ4v) is 2.54. The maximum absolute atomic E-state index is 12.3. The highest BCUT2D eigenvalue weighted by Crippen LogP contribution is 2.29. The van der Waals surface area contributed by atoms with Crippen LogP contribution in [0.3, 0.4) is 0 Å². The number of amides is 3. The molecule has 0 radical (unpaired) electrons. The molecule has 2 fully saturated rings. The highest BCUT2D eigenvalue weighted by atomic mass is 16.2. The van der Waals surface area contributed by atoms with E-state index in [0.717, 1.165) is 19.4 Å². The minimum atomic E-state index is -0.570. The highest BCUT2D eigenvalue weighted by Gasteiger charge is 2.41. The largest absolute Gasteiger partial charge is 0.344 e. The topological polar surface area (TPSA) is 87.3 Å². The SMILES string of the molecule is CCC1(C(=O)NC2CCC(=O)NC2=O)CCNC1. The standard InChI is InChI=1S/C12H19N3O3/c1-2-12(5-6-13-7-12)11(18)14-8-3-4-9(16)15-10(8)17/h8,13H,2-7H2,1H3,(H,14,18)(H,15,16,17). The van der Waals surface area contributed by atoms with Crippen molar-refractivity contribution in [3.8, 4) is 0 Å². The molecule has 2 saturated heterocycles. The lowest BCUT2D eigenvalue weighted by atomic mass is 9.83. The lowest BCUT2D eigenvalue weighted by molar-refractivity contribution is -0.139. The van der Waals surface area contributed by atoms with Gasteiger partial charge in [0.05, 0.1) is 5.41 Å². The molecule has 6 nitrogen and oxygen atoms in total. The van der Waals surface area contributed by atoms with Crippen molar-refractivity contribution in [2.75, 3.05) is 13.1 Å². The first kappa shape index (κ1) is 13.0. The van der Waals surface area contributed by atoms with Crippen LogP contribution in [0.4, 0.5) is 0 Å². The molecular formula is C12H19N3O3. The molecule has 2 unspecified atom stereocenters. The summed E-state index contributed by atoms with van der Waals surface area (Å²) in [7, 11) is 0. The molecule has 3 amide bonds. The highest BCUT2D eigenvalue weighted by molar-refractivity contribution is 6.02. The summed E-state index contributed by atoms with van der Waals surface area (Å²) in [6, 6.07) is -0.570. The van der Waals surface area contributed by atoms with Crippen LogP contribution in [-0.2, 0) is 14.4 Å². The smallest absolute Gasteiger partial charge is 0.249 e. The summed E-state index contributed by atoms with van der Waals surface area (Å²) >= 11 is 0. The minimum absolute atomic E-state index is 0.0792. The van der Waals surface area contributed by atoms with Crippen molar-refractivity contribution >= 4 is 17.7 Å². The molecule has 2 rings (SSSR count). The summed E-state index contributed by atoms with van der Waals surface area (Å²) < 4.78 is 0. The third-order valence-corrected chi connectivity index (χ3v) is 3.95. The average molecular weight is 253 g/mol. The van der Waals surface area contributed by atoms with Gasteiger partial charge in [0, 0.05) is 13.0 Å². The van der Waals surface area contributed by atoms with Crippen molar-refractivity contribution in [1.82, 2.24) is 16.0 Å². The van der Waals surface area contributed by atoms with Gasteiger partial charge in [0.2, 0.25) is 17.7 Å². The molecule has 0 saturated carbocycles. The molecule has 18 heavy (non-hydrogen) atoms. The van der Waals surface area contributed by atoms with Crippen LogP contribution in [0.2, 0.25) is 0 Å². The van der Waals surface area contributed by atoms with E-state index in [0.29, 0.717) is 13.0 Å². The van der Waals surface area contributed by atoms with E-state index in [2.05, 4.69) is 16.0 Å². The van der Waals surface area contributed by atoms with Gasteiger partial charge in [-0.25, -0.2) is 0 Å². The Bertz CT molecular complexity index is 375. The maximum atomic E-state index is 12.3. The Balaban J connectivity index is 1.98. The fraction of sp³-hybridized carbons (Fsp3) is 0.750. The van der Waals surface area contributed by atoms with E-state index < -0.39 is 17.4 Å². The predicted molar refractivity (Wildman–Crippen MR) is 64.5 cm³/mol. The van der Waals surface area contributed by atoms with Gasteiger partial charge in [-0.3, -0.25) is 19.7 Å². The van der Waals surface area contributed by atoms with E-state index in [1.165, 1.54) is 0 Å². The van der Waals surface area contributed by atoms with Crippen molar-refractivity contribution in [3.63, 3.8) is 0 Å². The Morgan fingerprint density at radius 1 is 1.50 bits per heavy atom. The first-order valence-corrected chi connectivity index (χ1v) is 6.43. The number of hydrogen-bond acceptors (Lipinski definition) is 4. The first-order chi connectivity index (χ1) is 8.57. The predicted octanol–water partition coefficient (Wildman–Crippen LogP) is -0.702. The molecule has 0 bridgehead atoms. The van der Waals surface area contributed by atoms with E-state index in [1.54, 1.807) is 0 Å². The summed E-state index contributed by atoms with van der Waals surface area (Å²) in [5.41, 5.74) is -0.401. The van der Waals surface area contributed by atoms with Gasteiger partial charge in [0.15, 0.2) is 0 Å². The zero-order valence-electron chi connectivity index (χ0n) is 10.5. The van der Waals surface area contributed by atoms with E-state index in [4.69, 9.17) is 0 Å². The molecule has 2 heterocycles. The second-order valence-electron chi connectivity index (χ2n) is 5.04. The third-order valence-electron chi connectivity index (χ3n) is 3.95. The van der Waals surface area contributed by atoms with Gasteiger partial charge in [-0.15, -0.1) is 0 Å². The molecule has 0 aromatic carbocycles. The van der Waals surface area contributed by atoms with E-state index >= 15 is 0 Å². The number of hydrogen-bond donors (Lipinski definition) is 3. The number of rotatable bonds is 3. The van der Waals surface area contributed by atoms with E-state index in [-0.39, 0.29) is 18.2 Å². The summed E-state index contributed by atoms with van der Waals surface area (Å²) in [5, 5.41) is 8.21.